The Morgan fingerprint density at radius 2 is 2.03 bits per heavy atom. The fraction of sp³-hybridized carbons (Fsp3) is 0.462. The molecule has 2 aliphatic rings. The number of hydrogen-bond donors (Lipinski definition) is 3. The number of amides is 1. The van der Waals surface area contributed by atoms with Crippen LogP contribution in [-0.2, 0) is 4.74 Å². The first-order chi connectivity index (χ1) is 16.1. The molecule has 1 saturated heterocycles. The Labute approximate surface area is 195 Å². The molecular weight excluding hydrogens is 416 g/mol. The average molecular weight is 449 g/mol. The van der Waals surface area contributed by atoms with Gasteiger partial charge >= 0.3 is 0 Å². The molecule has 0 atom stereocenters. The molecule has 1 amide bonds. The summed E-state index contributed by atoms with van der Waals surface area (Å²) in [7, 11) is 0. The molecule has 3 N–H and O–H groups in total. The zero-order valence-electron chi connectivity index (χ0n) is 19.0. The van der Waals surface area contributed by atoms with E-state index in [1.807, 2.05) is 24.3 Å². The quantitative estimate of drug-likeness (QED) is 0.446. The maximum atomic E-state index is 12.8. The summed E-state index contributed by atoms with van der Waals surface area (Å²) in [6, 6.07) is 9.49. The number of benzene rings is 1. The van der Waals surface area contributed by atoms with Crippen LogP contribution in [0.3, 0.4) is 0 Å². The standard InChI is InChI=1S/C26H32N4O3/c31-25(28-12-4-14-30-15-17-33-18-16-30)23-20-27-13-8-24(23)29-22-6-3-5-21(19-22)7-11-26(32)9-1-2-10-26/h3,5-6,8,13,19-20,32H,1-2,4,9-10,12,14-18H2,(H,27,29)(H,28,31). The molecule has 2 fully saturated rings. The van der Waals surface area contributed by atoms with E-state index in [9.17, 15) is 9.90 Å². The maximum Gasteiger partial charge on any atom is 0.254 e. The zero-order valence-corrected chi connectivity index (χ0v) is 19.0. The van der Waals surface area contributed by atoms with E-state index in [2.05, 4.69) is 32.4 Å². The SMILES string of the molecule is O=C(NCCCN1CCOCC1)c1cnccc1Nc1cccc(C#CC2(O)CCCC2)c1. The van der Waals surface area contributed by atoms with Gasteiger partial charge in [0.15, 0.2) is 0 Å². The minimum atomic E-state index is -0.860. The highest BCUT2D eigenvalue weighted by Crippen LogP contribution is 2.28. The van der Waals surface area contributed by atoms with Gasteiger partial charge in [0.2, 0.25) is 0 Å². The number of aromatic nitrogens is 1. The molecule has 1 saturated carbocycles. The number of pyridine rings is 1. The van der Waals surface area contributed by atoms with Gasteiger partial charge in [0.25, 0.3) is 5.91 Å². The number of nitrogens with zero attached hydrogens (tertiary/aromatic N) is 2. The number of nitrogens with one attached hydrogen (secondary N) is 2. The molecule has 1 aromatic heterocycles. The van der Waals surface area contributed by atoms with E-state index in [0.717, 1.165) is 76.2 Å². The number of anilines is 2. The average Bonchev–Trinajstić information content (AvgIpc) is 3.28. The summed E-state index contributed by atoms with van der Waals surface area (Å²) >= 11 is 0. The summed E-state index contributed by atoms with van der Waals surface area (Å²) in [4.78, 5) is 19.3. The van der Waals surface area contributed by atoms with E-state index in [1.54, 1.807) is 18.5 Å². The van der Waals surface area contributed by atoms with Crippen molar-refractivity contribution in [2.45, 2.75) is 37.7 Å². The summed E-state index contributed by atoms with van der Waals surface area (Å²) in [6.45, 7) is 5.03. The first-order valence-corrected chi connectivity index (χ1v) is 11.8. The molecule has 7 nitrogen and oxygen atoms in total. The van der Waals surface area contributed by atoms with E-state index >= 15 is 0 Å². The number of carbonyl (C=O) groups excluding carboxylic acids is 1. The smallest absolute Gasteiger partial charge is 0.254 e. The van der Waals surface area contributed by atoms with Crippen molar-refractivity contribution in [3.63, 3.8) is 0 Å². The highest BCUT2D eigenvalue weighted by atomic mass is 16.5. The Kier molecular flexibility index (Phi) is 7.95. The minimum absolute atomic E-state index is 0.146. The molecule has 0 radical (unpaired) electrons. The van der Waals surface area contributed by atoms with Gasteiger partial charge in [0.05, 0.1) is 24.5 Å². The van der Waals surface area contributed by atoms with Gasteiger partial charge in [-0.25, -0.2) is 0 Å². The first kappa shape index (κ1) is 23.2. The molecule has 7 heteroatoms. The van der Waals surface area contributed by atoms with E-state index in [-0.39, 0.29) is 5.91 Å². The highest BCUT2D eigenvalue weighted by Gasteiger charge is 2.28. The first-order valence-electron chi connectivity index (χ1n) is 11.8. The van der Waals surface area contributed by atoms with E-state index in [0.29, 0.717) is 17.8 Å². The van der Waals surface area contributed by atoms with Crippen LogP contribution in [0.25, 0.3) is 0 Å². The Bertz CT molecular complexity index is 1000. The second-order valence-corrected chi connectivity index (χ2v) is 8.68. The maximum absolute atomic E-state index is 12.8. The third-order valence-electron chi connectivity index (χ3n) is 6.12. The third kappa shape index (κ3) is 6.78. The fourth-order valence-electron chi connectivity index (χ4n) is 4.21. The lowest BCUT2D eigenvalue weighted by Gasteiger charge is -2.26. The van der Waals surface area contributed by atoms with Crippen molar-refractivity contribution in [1.82, 2.24) is 15.2 Å². The number of hydrogen-bond acceptors (Lipinski definition) is 6. The predicted molar refractivity (Wildman–Crippen MR) is 128 cm³/mol. The molecular formula is C26H32N4O3. The lowest BCUT2D eigenvalue weighted by molar-refractivity contribution is 0.0374. The number of carbonyl (C=O) groups is 1. The molecule has 2 heterocycles. The zero-order chi connectivity index (χ0) is 22.9. The summed E-state index contributed by atoms with van der Waals surface area (Å²) in [6.07, 6.45) is 7.65. The topological polar surface area (TPSA) is 86.7 Å². The molecule has 0 spiro atoms. The van der Waals surface area contributed by atoms with Gasteiger partial charge in [0.1, 0.15) is 5.60 Å². The van der Waals surface area contributed by atoms with Crippen molar-refractivity contribution >= 4 is 17.3 Å². The molecule has 4 rings (SSSR count). The minimum Gasteiger partial charge on any atom is -0.379 e. The van der Waals surface area contributed by atoms with Crippen LogP contribution in [0.5, 0.6) is 0 Å². The van der Waals surface area contributed by atoms with Crippen molar-refractivity contribution in [2.75, 3.05) is 44.7 Å². The highest BCUT2D eigenvalue weighted by molar-refractivity contribution is 5.99. The number of ether oxygens (including phenoxy) is 1. The third-order valence-corrected chi connectivity index (χ3v) is 6.12. The van der Waals surface area contributed by atoms with Crippen molar-refractivity contribution in [3.05, 3.63) is 53.9 Å². The van der Waals surface area contributed by atoms with Crippen LogP contribution in [0.2, 0.25) is 0 Å². The predicted octanol–water partition coefficient (Wildman–Crippen LogP) is 2.93. The van der Waals surface area contributed by atoms with Gasteiger partial charge in [-0.15, -0.1) is 0 Å². The van der Waals surface area contributed by atoms with Crippen LogP contribution in [0.15, 0.2) is 42.7 Å². The Hall–Kier alpha value is -2.92. The van der Waals surface area contributed by atoms with Gasteiger partial charge in [-0.05, 0) is 62.9 Å². The van der Waals surface area contributed by atoms with Crippen LogP contribution < -0.4 is 10.6 Å². The van der Waals surface area contributed by atoms with Crippen LogP contribution in [0.1, 0.15) is 48.0 Å². The molecule has 2 aromatic rings. The lowest BCUT2D eigenvalue weighted by atomic mass is 10.0. The van der Waals surface area contributed by atoms with Gasteiger partial charge in [-0.3, -0.25) is 14.7 Å². The van der Waals surface area contributed by atoms with Crippen molar-refractivity contribution in [1.29, 1.82) is 0 Å². The Morgan fingerprint density at radius 1 is 1.21 bits per heavy atom. The van der Waals surface area contributed by atoms with E-state index in [1.165, 1.54) is 0 Å². The van der Waals surface area contributed by atoms with Gasteiger partial charge in [0, 0.05) is 43.3 Å². The normalized spacial score (nSPS) is 17.7. The molecule has 33 heavy (non-hydrogen) atoms. The van der Waals surface area contributed by atoms with Gasteiger partial charge < -0.3 is 20.5 Å². The molecule has 1 aliphatic heterocycles. The monoisotopic (exact) mass is 448 g/mol. The molecule has 174 valence electrons. The Balaban J connectivity index is 1.35. The van der Waals surface area contributed by atoms with Crippen LogP contribution in [0, 0.1) is 11.8 Å². The summed E-state index contributed by atoms with van der Waals surface area (Å²) < 4.78 is 5.37. The van der Waals surface area contributed by atoms with Crippen LogP contribution >= 0.6 is 0 Å². The van der Waals surface area contributed by atoms with Crippen molar-refractivity contribution in [2.24, 2.45) is 0 Å². The number of rotatable bonds is 7. The molecule has 0 unspecified atom stereocenters. The lowest BCUT2D eigenvalue weighted by Crippen LogP contribution is -2.38. The fourth-order valence-corrected chi connectivity index (χ4v) is 4.21. The van der Waals surface area contributed by atoms with E-state index < -0.39 is 5.60 Å². The Morgan fingerprint density at radius 3 is 2.85 bits per heavy atom. The summed E-state index contributed by atoms with van der Waals surface area (Å²) in [5.74, 6) is 6.00. The molecule has 1 aliphatic carbocycles. The largest absolute Gasteiger partial charge is 0.379 e. The van der Waals surface area contributed by atoms with Gasteiger partial charge in [-0.2, -0.15) is 0 Å². The van der Waals surface area contributed by atoms with Crippen molar-refractivity contribution in [3.8, 4) is 11.8 Å². The van der Waals surface area contributed by atoms with Crippen molar-refractivity contribution < 1.29 is 14.6 Å². The second-order valence-electron chi connectivity index (χ2n) is 8.68. The summed E-state index contributed by atoms with van der Waals surface area (Å²) in [5, 5.41) is 16.8. The second kappa shape index (κ2) is 11.3. The van der Waals surface area contributed by atoms with Crippen LogP contribution in [0.4, 0.5) is 11.4 Å². The summed E-state index contributed by atoms with van der Waals surface area (Å²) in [5.41, 5.74) is 1.98. The van der Waals surface area contributed by atoms with E-state index in [4.69, 9.17) is 4.74 Å². The molecule has 1 aromatic carbocycles. The van der Waals surface area contributed by atoms with Crippen LogP contribution in [-0.4, -0.2) is 65.9 Å². The van der Waals surface area contributed by atoms with Gasteiger partial charge in [-0.1, -0.05) is 17.9 Å². The number of aliphatic hydroxyl groups is 1. The molecule has 0 bridgehead atoms. The number of morpholine rings is 1.